The highest BCUT2D eigenvalue weighted by Crippen LogP contribution is 2.40. The first-order valence-electron chi connectivity index (χ1n) is 8.00. The van der Waals surface area contributed by atoms with E-state index in [-0.39, 0.29) is 5.78 Å². The van der Waals surface area contributed by atoms with Gasteiger partial charge < -0.3 is 0 Å². The Bertz CT molecular complexity index is 557. The average Bonchev–Trinajstić information content (AvgIpc) is 2.37. The molecule has 22 heavy (non-hydrogen) atoms. The van der Waals surface area contributed by atoms with Gasteiger partial charge in [0.1, 0.15) is 8.07 Å². The Kier molecular flexibility index (Phi) is 6.90. The number of ketones is 1. The van der Waals surface area contributed by atoms with Gasteiger partial charge in [-0.25, -0.2) is 0 Å². The predicted octanol–water partition coefficient (Wildman–Crippen LogP) is 5.67. The third-order valence-electron chi connectivity index (χ3n) is 4.54. The van der Waals surface area contributed by atoms with E-state index in [9.17, 15) is 4.79 Å². The first kappa shape index (κ1) is 19.0. The Morgan fingerprint density at radius 2 is 1.64 bits per heavy atom. The molecule has 1 aromatic carbocycles. The van der Waals surface area contributed by atoms with Crippen LogP contribution >= 0.6 is 11.6 Å². The molecule has 0 bridgehead atoms. The van der Waals surface area contributed by atoms with Gasteiger partial charge in [-0.2, -0.15) is 0 Å². The van der Waals surface area contributed by atoms with E-state index in [1.807, 2.05) is 24.3 Å². The van der Waals surface area contributed by atoms with Crippen molar-refractivity contribution in [3.63, 3.8) is 0 Å². The van der Waals surface area contributed by atoms with Crippen molar-refractivity contribution < 1.29 is 4.79 Å². The molecule has 1 aromatic rings. The van der Waals surface area contributed by atoms with Crippen LogP contribution in [0.15, 0.2) is 24.3 Å². The lowest BCUT2D eigenvalue weighted by Crippen LogP contribution is -2.43. The fourth-order valence-electron chi connectivity index (χ4n) is 3.49. The fourth-order valence-corrected chi connectivity index (χ4v) is 8.92. The molecule has 1 rings (SSSR count). The van der Waals surface area contributed by atoms with Crippen molar-refractivity contribution in [3.05, 3.63) is 34.9 Å². The Hall–Kier alpha value is -1.04. The quantitative estimate of drug-likeness (QED) is 0.500. The molecule has 0 aliphatic carbocycles. The van der Waals surface area contributed by atoms with E-state index >= 15 is 0 Å². The van der Waals surface area contributed by atoms with Crippen LogP contribution in [0.5, 0.6) is 0 Å². The summed E-state index contributed by atoms with van der Waals surface area (Å²) in [4.78, 5) is 12.2. The zero-order chi connectivity index (χ0) is 16.9. The molecule has 0 aromatic heterocycles. The minimum absolute atomic E-state index is 0.0129. The highest BCUT2D eigenvalue weighted by Gasteiger charge is 2.41. The van der Waals surface area contributed by atoms with Gasteiger partial charge in [-0.1, -0.05) is 65.3 Å². The van der Waals surface area contributed by atoms with Gasteiger partial charge in [0, 0.05) is 11.4 Å². The normalized spacial score (nSPS) is 11.7. The highest BCUT2D eigenvalue weighted by molar-refractivity contribution is 6.90. The van der Waals surface area contributed by atoms with E-state index in [1.165, 1.54) is 0 Å². The van der Waals surface area contributed by atoms with Gasteiger partial charge in [-0.15, -0.1) is 5.54 Å². The number of rotatable bonds is 5. The molecule has 0 amide bonds. The number of Topliss-reactive ketones (excluding diaryl/α,β-unsaturated/α-hetero) is 1. The Balaban J connectivity index is 3.00. The molecule has 0 spiro atoms. The van der Waals surface area contributed by atoms with Crippen LogP contribution in [0.2, 0.25) is 21.6 Å². The van der Waals surface area contributed by atoms with Crippen LogP contribution in [-0.2, 0) is 11.2 Å². The third-order valence-corrected chi connectivity index (χ3v) is 11.1. The molecule has 0 unspecified atom stereocenters. The lowest BCUT2D eigenvalue weighted by molar-refractivity contribution is -0.113. The SMILES string of the molecule is CC(C)[Si](C#CC(=O)Cc1cccc(Cl)c1)(C(C)C)C(C)C. The number of hydrogen-bond donors (Lipinski definition) is 0. The summed E-state index contributed by atoms with van der Waals surface area (Å²) >= 11 is 5.96. The van der Waals surface area contributed by atoms with Crippen LogP contribution < -0.4 is 0 Å². The van der Waals surface area contributed by atoms with Crippen molar-refractivity contribution >= 4 is 25.5 Å². The number of halogens is 1. The molecule has 0 aliphatic rings. The molecule has 120 valence electrons. The third kappa shape index (κ3) is 4.48. The van der Waals surface area contributed by atoms with Crippen LogP contribution in [0.3, 0.4) is 0 Å². The first-order chi connectivity index (χ1) is 10.2. The van der Waals surface area contributed by atoms with Crippen LogP contribution in [0.25, 0.3) is 0 Å². The summed E-state index contributed by atoms with van der Waals surface area (Å²) < 4.78 is 0. The molecule has 3 heteroatoms. The Morgan fingerprint density at radius 3 is 2.09 bits per heavy atom. The minimum Gasteiger partial charge on any atom is -0.285 e. The average molecular weight is 335 g/mol. The lowest BCUT2D eigenvalue weighted by Gasteiger charge is -2.37. The minimum atomic E-state index is -1.83. The van der Waals surface area contributed by atoms with Crippen molar-refractivity contribution in [1.29, 1.82) is 0 Å². The maximum absolute atomic E-state index is 12.2. The van der Waals surface area contributed by atoms with E-state index in [0.717, 1.165) is 5.56 Å². The Labute approximate surface area is 141 Å². The molecule has 0 heterocycles. The van der Waals surface area contributed by atoms with Gasteiger partial charge in [0.05, 0.1) is 0 Å². The van der Waals surface area contributed by atoms with Gasteiger partial charge in [0.2, 0.25) is 5.78 Å². The van der Waals surface area contributed by atoms with E-state index in [2.05, 4.69) is 53.0 Å². The zero-order valence-electron chi connectivity index (χ0n) is 14.5. The summed E-state index contributed by atoms with van der Waals surface area (Å²) in [6, 6.07) is 7.44. The predicted molar refractivity (Wildman–Crippen MR) is 99.0 cm³/mol. The summed E-state index contributed by atoms with van der Waals surface area (Å²) in [5, 5.41) is 0.661. The van der Waals surface area contributed by atoms with Gasteiger partial charge in [-0.05, 0) is 40.2 Å². The van der Waals surface area contributed by atoms with Crippen LogP contribution in [0.4, 0.5) is 0 Å². The molecule has 0 atom stereocenters. The van der Waals surface area contributed by atoms with Crippen LogP contribution in [0, 0.1) is 11.5 Å². The first-order valence-corrected chi connectivity index (χ1v) is 10.6. The van der Waals surface area contributed by atoms with Crippen molar-refractivity contribution in [2.24, 2.45) is 0 Å². The van der Waals surface area contributed by atoms with E-state index in [1.54, 1.807) is 0 Å². The van der Waals surface area contributed by atoms with Crippen LogP contribution in [0.1, 0.15) is 47.1 Å². The topological polar surface area (TPSA) is 17.1 Å². The van der Waals surface area contributed by atoms with Crippen molar-refractivity contribution in [3.8, 4) is 11.5 Å². The molecule has 0 fully saturated rings. The summed E-state index contributed by atoms with van der Waals surface area (Å²) in [6.45, 7) is 13.5. The second kappa shape index (κ2) is 7.99. The smallest absolute Gasteiger partial charge is 0.209 e. The summed E-state index contributed by atoms with van der Waals surface area (Å²) in [5.74, 6) is 2.95. The number of carbonyl (C=O) groups excluding carboxylic acids is 1. The van der Waals surface area contributed by atoms with Gasteiger partial charge in [0.25, 0.3) is 0 Å². The zero-order valence-corrected chi connectivity index (χ0v) is 16.3. The molecule has 0 N–H and O–H groups in total. The van der Waals surface area contributed by atoms with Crippen LogP contribution in [-0.4, -0.2) is 13.9 Å². The maximum Gasteiger partial charge on any atom is 0.209 e. The molecule has 0 saturated heterocycles. The number of hydrogen-bond acceptors (Lipinski definition) is 1. The van der Waals surface area contributed by atoms with Gasteiger partial charge in [-0.3, -0.25) is 4.79 Å². The lowest BCUT2D eigenvalue weighted by atomic mass is 10.1. The van der Waals surface area contributed by atoms with Crippen molar-refractivity contribution in [2.75, 3.05) is 0 Å². The van der Waals surface area contributed by atoms with Crippen molar-refractivity contribution in [1.82, 2.24) is 0 Å². The molecule has 0 aliphatic heterocycles. The second-order valence-corrected chi connectivity index (χ2v) is 12.9. The molecule has 0 saturated carbocycles. The molecule has 0 radical (unpaired) electrons. The fraction of sp³-hybridized carbons (Fsp3) is 0.526. The standard InChI is InChI=1S/C19H27ClOSi/c1-14(2)22(15(3)4,16(5)6)11-10-19(21)13-17-8-7-9-18(20)12-17/h7-9,12,14-16H,13H2,1-6H3. The maximum atomic E-state index is 12.2. The Morgan fingerprint density at radius 1 is 1.09 bits per heavy atom. The number of benzene rings is 1. The van der Waals surface area contributed by atoms with Crippen molar-refractivity contribution in [2.45, 2.75) is 64.6 Å². The summed E-state index contributed by atoms with van der Waals surface area (Å²) in [5.41, 5.74) is 6.02. The second-order valence-electron chi connectivity index (χ2n) is 6.88. The molecule has 1 nitrogen and oxygen atoms in total. The summed E-state index contributed by atoms with van der Waals surface area (Å²) in [7, 11) is -1.83. The highest BCUT2D eigenvalue weighted by atomic mass is 35.5. The van der Waals surface area contributed by atoms with E-state index in [0.29, 0.717) is 28.1 Å². The summed E-state index contributed by atoms with van der Waals surface area (Å²) in [6.07, 6.45) is 0.340. The number of carbonyl (C=O) groups is 1. The largest absolute Gasteiger partial charge is 0.285 e. The van der Waals surface area contributed by atoms with Gasteiger partial charge >= 0.3 is 0 Å². The van der Waals surface area contributed by atoms with E-state index in [4.69, 9.17) is 11.6 Å². The van der Waals surface area contributed by atoms with Gasteiger partial charge in [0.15, 0.2) is 0 Å². The monoisotopic (exact) mass is 334 g/mol. The van der Waals surface area contributed by atoms with E-state index < -0.39 is 8.07 Å². The molecular formula is C19H27ClOSi. The molecular weight excluding hydrogens is 308 g/mol.